The van der Waals surface area contributed by atoms with Crippen LogP contribution in [0.2, 0.25) is 0 Å². The SMILES string of the molecule is CCOC(=O)/C(C#N)=C/Nc1ccc(F)c(F)c1. The van der Waals surface area contributed by atoms with E-state index in [1.165, 1.54) is 6.07 Å². The Balaban J connectivity index is 2.80. The molecule has 0 bridgehead atoms. The molecule has 0 unspecified atom stereocenters. The minimum absolute atomic E-state index is 0.142. The molecule has 1 rings (SSSR count). The van der Waals surface area contributed by atoms with Crippen molar-refractivity contribution in [3.63, 3.8) is 0 Å². The zero-order valence-electron chi connectivity index (χ0n) is 9.54. The van der Waals surface area contributed by atoms with Gasteiger partial charge in [0.25, 0.3) is 0 Å². The number of nitriles is 1. The molecule has 0 aliphatic carbocycles. The lowest BCUT2D eigenvalue weighted by Crippen LogP contribution is -2.08. The van der Waals surface area contributed by atoms with Crippen LogP contribution in [0.25, 0.3) is 0 Å². The summed E-state index contributed by atoms with van der Waals surface area (Å²) in [6.45, 7) is 1.75. The van der Waals surface area contributed by atoms with E-state index in [0.29, 0.717) is 0 Å². The number of benzene rings is 1. The number of rotatable bonds is 4. The largest absolute Gasteiger partial charge is 0.462 e. The summed E-state index contributed by atoms with van der Waals surface area (Å²) in [5.74, 6) is -2.78. The van der Waals surface area contributed by atoms with Crippen molar-refractivity contribution in [1.82, 2.24) is 0 Å². The second-order valence-electron chi connectivity index (χ2n) is 3.16. The third-order valence-electron chi connectivity index (χ3n) is 1.92. The molecule has 0 aromatic heterocycles. The van der Waals surface area contributed by atoms with Crippen LogP contribution in [0.3, 0.4) is 0 Å². The quantitative estimate of drug-likeness (QED) is 0.507. The second-order valence-corrected chi connectivity index (χ2v) is 3.16. The van der Waals surface area contributed by atoms with Crippen molar-refractivity contribution in [2.24, 2.45) is 0 Å². The summed E-state index contributed by atoms with van der Waals surface area (Å²) in [6, 6.07) is 4.75. The van der Waals surface area contributed by atoms with Crippen molar-refractivity contribution in [1.29, 1.82) is 5.26 Å². The molecule has 0 heterocycles. The van der Waals surface area contributed by atoms with Crippen LogP contribution in [0.1, 0.15) is 6.92 Å². The Kier molecular flexibility index (Phi) is 4.81. The molecule has 18 heavy (non-hydrogen) atoms. The standard InChI is InChI=1S/C12H10F2N2O2/c1-2-18-12(17)8(6-15)7-16-9-3-4-10(13)11(14)5-9/h3-5,7,16H,2H2,1H3/b8-7+. The van der Waals surface area contributed by atoms with Gasteiger partial charge in [-0.15, -0.1) is 0 Å². The van der Waals surface area contributed by atoms with E-state index in [0.717, 1.165) is 18.3 Å². The number of hydrogen-bond acceptors (Lipinski definition) is 4. The highest BCUT2D eigenvalue weighted by Crippen LogP contribution is 2.13. The van der Waals surface area contributed by atoms with E-state index in [4.69, 9.17) is 5.26 Å². The average molecular weight is 252 g/mol. The molecule has 0 atom stereocenters. The van der Waals surface area contributed by atoms with Crippen LogP contribution in [0.5, 0.6) is 0 Å². The van der Waals surface area contributed by atoms with Gasteiger partial charge in [-0.1, -0.05) is 0 Å². The molecule has 1 N–H and O–H groups in total. The lowest BCUT2D eigenvalue weighted by atomic mass is 10.3. The summed E-state index contributed by atoms with van der Waals surface area (Å²) < 4.78 is 30.1. The minimum Gasteiger partial charge on any atom is -0.462 e. The Morgan fingerprint density at radius 2 is 2.22 bits per heavy atom. The van der Waals surface area contributed by atoms with Crippen LogP contribution in [0.4, 0.5) is 14.5 Å². The van der Waals surface area contributed by atoms with E-state index in [-0.39, 0.29) is 17.9 Å². The summed E-state index contributed by atoms with van der Waals surface area (Å²) in [4.78, 5) is 11.2. The van der Waals surface area contributed by atoms with Crippen molar-refractivity contribution < 1.29 is 18.3 Å². The summed E-state index contributed by atoms with van der Waals surface area (Å²) >= 11 is 0. The van der Waals surface area contributed by atoms with E-state index in [1.54, 1.807) is 13.0 Å². The van der Waals surface area contributed by atoms with Gasteiger partial charge in [-0.25, -0.2) is 13.6 Å². The van der Waals surface area contributed by atoms with Gasteiger partial charge < -0.3 is 10.1 Å². The van der Waals surface area contributed by atoms with Crippen LogP contribution in [-0.4, -0.2) is 12.6 Å². The van der Waals surface area contributed by atoms with Gasteiger partial charge >= 0.3 is 5.97 Å². The smallest absolute Gasteiger partial charge is 0.350 e. The molecule has 0 amide bonds. The highest BCUT2D eigenvalue weighted by molar-refractivity contribution is 5.93. The molecule has 0 fully saturated rings. The van der Waals surface area contributed by atoms with Crippen LogP contribution >= 0.6 is 0 Å². The fourth-order valence-corrected chi connectivity index (χ4v) is 1.09. The number of halogens is 2. The van der Waals surface area contributed by atoms with Gasteiger partial charge in [-0.05, 0) is 19.1 Å². The number of esters is 1. The normalized spacial score (nSPS) is 10.7. The fraction of sp³-hybridized carbons (Fsp3) is 0.167. The van der Waals surface area contributed by atoms with Crippen LogP contribution in [0, 0.1) is 23.0 Å². The maximum atomic E-state index is 12.9. The molecular weight excluding hydrogens is 242 g/mol. The molecule has 0 saturated heterocycles. The van der Waals surface area contributed by atoms with E-state index in [2.05, 4.69) is 10.1 Å². The van der Waals surface area contributed by atoms with Crippen LogP contribution in [-0.2, 0) is 9.53 Å². The predicted octanol–water partition coefficient (Wildman–Crippen LogP) is 2.35. The zero-order valence-corrected chi connectivity index (χ0v) is 9.54. The van der Waals surface area contributed by atoms with Crippen molar-refractivity contribution in [3.05, 3.63) is 41.6 Å². The maximum Gasteiger partial charge on any atom is 0.350 e. The molecule has 0 spiro atoms. The van der Waals surface area contributed by atoms with Gasteiger partial charge in [0.1, 0.15) is 6.07 Å². The van der Waals surface area contributed by atoms with Gasteiger partial charge in [0, 0.05) is 18.0 Å². The number of ether oxygens (including phenoxy) is 1. The Bertz CT molecular complexity index is 521. The minimum atomic E-state index is -1.02. The average Bonchev–Trinajstić information content (AvgIpc) is 2.34. The predicted molar refractivity (Wildman–Crippen MR) is 60.3 cm³/mol. The number of nitrogens with zero attached hydrogens (tertiary/aromatic N) is 1. The van der Waals surface area contributed by atoms with Gasteiger partial charge in [-0.3, -0.25) is 0 Å². The Morgan fingerprint density at radius 3 is 2.78 bits per heavy atom. The third kappa shape index (κ3) is 3.56. The molecule has 1 aromatic rings. The molecule has 1 aromatic carbocycles. The molecule has 94 valence electrons. The molecule has 6 heteroatoms. The van der Waals surface area contributed by atoms with Crippen molar-refractivity contribution in [3.8, 4) is 6.07 Å². The highest BCUT2D eigenvalue weighted by atomic mass is 19.2. The molecule has 0 aliphatic heterocycles. The first kappa shape index (κ1) is 13.6. The first-order chi connectivity index (χ1) is 8.58. The van der Waals surface area contributed by atoms with E-state index in [9.17, 15) is 13.6 Å². The Labute approximate surface area is 102 Å². The fourth-order valence-electron chi connectivity index (χ4n) is 1.09. The third-order valence-corrected chi connectivity index (χ3v) is 1.92. The monoisotopic (exact) mass is 252 g/mol. The number of hydrogen-bond donors (Lipinski definition) is 1. The first-order valence-corrected chi connectivity index (χ1v) is 5.07. The van der Waals surface area contributed by atoms with Gasteiger partial charge in [0.05, 0.1) is 6.61 Å². The van der Waals surface area contributed by atoms with E-state index in [1.807, 2.05) is 0 Å². The molecule has 0 radical (unpaired) electrons. The van der Waals surface area contributed by atoms with Crippen molar-refractivity contribution >= 4 is 11.7 Å². The molecule has 0 saturated carbocycles. The molecular formula is C12H10F2N2O2. The first-order valence-electron chi connectivity index (χ1n) is 5.07. The molecule has 4 nitrogen and oxygen atoms in total. The highest BCUT2D eigenvalue weighted by Gasteiger charge is 2.09. The lowest BCUT2D eigenvalue weighted by Gasteiger charge is -2.03. The summed E-state index contributed by atoms with van der Waals surface area (Å²) in [5, 5.41) is 11.2. The van der Waals surface area contributed by atoms with Crippen LogP contribution < -0.4 is 5.32 Å². The lowest BCUT2D eigenvalue weighted by molar-refractivity contribution is -0.138. The summed E-state index contributed by atoms with van der Waals surface area (Å²) in [5.41, 5.74) is -0.0486. The Morgan fingerprint density at radius 1 is 1.50 bits per heavy atom. The zero-order chi connectivity index (χ0) is 13.5. The maximum absolute atomic E-state index is 12.9. The van der Waals surface area contributed by atoms with E-state index < -0.39 is 17.6 Å². The summed E-state index contributed by atoms with van der Waals surface area (Å²) in [7, 11) is 0. The summed E-state index contributed by atoms with van der Waals surface area (Å²) in [6.07, 6.45) is 1.07. The van der Waals surface area contributed by atoms with E-state index >= 15 is 0 Å². The number of anilines is 1. The van der Waals surface area contributed by atoms with Crippen molar-refractivity contribution in [2.45, 2.75) is 6.92 Å². The van der Waals surface area contributed by atoms with Gasteiger partial charge in [-0.2, -0.15) is 5.26 Å². The Hall–Kier alpha value is -2.42. The number of nitrogens with one attached hydrogen (secondary N) is 1. The number of carbonyl (C=O) groups excluding carboxylic acids is 1. The molecule has 0 aliphatic rings. The van der Waals surface area contributed by atoms with Gasteiger partial charge in [0.2, 0.25) is 0 Å². The van der Waals surface area contributed by atoms with Crippen molar-refractivity contribution in [2.75, 3.05) is 11.9 Å². The van der Waals surface area contributed by atoms with Gasteiger partial charge in [0.15, 0.2) is 17.2 Å². The number of carbonyl (C=O) groups is 1. The second kappa shape index (κ2) is 6.35. The van der Waals surface area contributed by atoms with Crippen LogP contribution in [0.15, 0.2) is 30.0 Å². The topological polar surface area (TPSA) is 62.1 Å².